The predicted molar refractivity (Wildman–Crippen MR) is 119 cm³/mol. The van der Waals surface area contributed by atoms with Gasteiger partial charge in [-0.05, 0) is 50.5 Å². The van der Waals surface area contributed by atoms with E-state index in [1.54, 1.807) is 21.9 Å². The fourth-order valence-electron chi connectivity index (χ4n) is 5.06. The molecule has 4 aliphatic heterocycles. The number of nitrogens with one attached hydrogen (secondary N) is 1. The van der Waals surface area contributed by atoms with E-state index in [9.17, 15) is 24.0 Å². The summed E-state index contributed by atoms with van der Waals surface area (Å²) in [5.41, 5.74) is 2.08. The summed E-state index contributed by atoms with van der Waals surface area (Å²) >= 11 is 0. The van der Waals surface area contributed by atoms with E-state index < -0.39 is 17.6 Å². The van der Waals surface area contributed by atoms with Gasteiger partial charge in [0.2, 0.25) is 11.8 Å². The molecule has 1 aromatic rings. The highest BCUT2D eigenvalue weighted by Gasteiger charge is 2.42. The van der Waals surface area contributed by atoms with E-state index in [4.69, 9.17) is 4.74 Å². The number of fused-ring (bicyclic) bond motifs is 2. The summed E-state index contributed by atoms with van der Waals surface area (Å²) in [6.07, 6.45) is 0.168. The van der Waals surface area contributed by atoms with E-state index in [2.05, 4.69) is 5.32 Å². The molecule has 4 heterocycles. The summed E-state index contributed by atoms with van der Waals surface area (Å²) in [5.74, 6) is -0.920. The normalized spacial score (nSPS) is 22.6. The van der Waals surface area contributed by atoms with Gasteiger partial charge in [-0.3, -0.25) is 24.5 Å². The summed E-state index contributed by atoms with van der Waals surface area (Å²) in [5, 5.41) is 2.30. The lowest BCUT2D eigenvalue weighted by Crippen LogP contribution is -2.54. The zero-order chi connectivity index (χ0) is 24.4. The Kier molecular flexibility index (Phi) is 5.14. The second-order valence-corrected chi connectivity index (χ2v) is 10.5. The Morgan fingerprint density at radius 2 is 1.68 bits per heavy atom. The molecule has 0 spiro atoms. The number of imide groups is 1. The van der Waals surface area contributed by atoms with Crippen molar-refractivity contribution in [2.75, 3.05) is 19.6 Å². The number of hydrogen-bond donors (Lipinski definition) is 1. The molecular formula is C24H28N4O6. The molecule has 1 N–H and O–H groups in total. The molecule has 10 nitrogen and oxygen atoms in total. The minimum Gasteiger partial charge on any atom is -0.444 e. The van der Waals surface area contributed by atoms with Crippen LogP contribution in [0.3, 0.4) is 0 Å². The largest absolute Gasteiger partial charge is 0.444 e. The van der Waals surface area contributed by atoms with Crippen molar-refractivity contribution < 1.29 is 28.7 Å². The van der Waals surface area contributed by atoms with Crippen LogP contribution in [-0.4, -0.2) is 75.7 Å². The van der Waals surface area contributed by atoms with Gasteiger partial charge < -0.3 is 19.4 Å². The predicted octanol–water partition coefficient (Wildman–Crippen LogP) is 1.27. The Labute approximate surface area is 197 Å². The highest BCUT2D eigenvalue weighted by molar-refractivity contribution is 6.07. The van der Waals surface area contributed by atoms with Gasteiger partial charge in [-0.2, -0.15) is 0 Å². The van der Waals surface area contributed by atoms with Crippen molar-refractivity contribution in [3.63, 3.8) is 0 Å². The summed E-state index contributed by atoms with van der Waals surface area (Å²) in [7, 11) is 0. The first-order valence-electron chi connectivity index (χ1n) is 11.6. The third-order valence-corrected chi connectivity index (χ3v) is 6.71. The number of hydrogen-bond acceptors (Lipinski definition) is 6. The number of nitrogens with zero attached hydrogens (tertiary/aromatic N) is 3. The number of rotatable bonds is 3. The van der Waals surface area contributed by atoms with Crippen LogP contribution in [-0.2, 0) is 27.4 Å². The second kappa shape index (κ2) is 7.82. The van der Waals surface area contributed by atoms with Gasteiger partial charge in [0, 0.05) is 56.2 Å². The molecule has 0 saturated carbocycles. The number of carbonyl (C=O) groups excluding carboxylic acids is 5. The lowest BCUT2D eigenvalue weighted by molar-refractivity contribution is -0.136. The Hall–Kier alpha value is -3.43. The van der Waals surface area contributed by atoms with Crippen molar-refractivity contribution in [1.82, 2.24) is 20.0 Å². The van der Waals surface area contributed by atoms with Gasteiger partial charge in [-0.15, -0.1) is 0 Å². The number of carbonyl (C=O) groups is 5. The Morgan fingerprint density at radius 1 is 1.03 bits per heavy atom. The molecule has 34 heavy (non-hydrogen) atoms. The third-order valence-electron chi connectivity index (χ3n) is 6.71. The SMILES string of the molecule is CC(C)(C)OC(=O)N1CC(CN2Cc3cc4c(cc3C2=O)CN(C2CCC(=O)NC2=O)C4=O)C1. The van der Waals surface area contributed by atoms with Crippen molar-refractivity contribution in [1.29, 1.82) is 0 Å². The molecule has 0 radical (unpaired) electrons. The van der Waals surface area contributed by atoms with Crippen LogP contribution in [0.15, 0.2) is 12.1 Å². The third kappa shape index (κ3) is 3.91. The zero-order valence-corrected chi connectivity index (χ0v) is 19.6. The standard InChI is InChI=1S/C24H28N4O6/c1-24(2,3)34-23(33)27-9-13(10-27)8-26-11-14-6-17-15(7-16(14)21(26)31)12-28(22(17)32)18-4-5-19(29)25-20(18)30/h6-7,13,18H,4-5,8-12H2,1-3H3,(H,25,29,30). The average Bonchev–Trinajstić information content (AvgIpc) is 3.18. The molecule has 2 fully saturated rings. The number of likely N-dealkylation sites (tertiary alicyclic amines) is 1. The molecule has 1 unspecified atom stereocenters. The number of ether oxygens (including phenoxy) is 1. The van der Waals surface area contributed by atoms with Crippen molar-refractivity contribution in [3.05, 3.63) is 34.4 Å². The molecule has 1 atom stereocenters. The number of benzene rings is 1. The molecule has 5 amide bonds. The summed E-state index contributed by atoms with van der Waals surface area (Å²) in [6.45, 7) is 7.77. The van der Waals surface area contributed by atoms with E-state index in [-0.39, 0.29) is 42.7 Å². The fourth-order valence-corrected chi connectivity index (χ4v) is 5.06. The van der Waals surface area contributed by atoms with Gasteiger partial charge in [0.1, 0.15) is 11.6 Å². The molecule has 10 heteroatoms. The molecule has 0 aromatic heterocycles. The molecule has 4 aliphatic rings. The summed E-state index contributed by atoms with van der Waals surface area (Å²) in [6, 6.07) is 2.86. The van der Waals surface area contributed by atoms with E-state index >= 15 is 0 Å². The maximum absolute atomic E-state index is 13.0. The van der Waals surface area contributed by atoms with Crippen LogP contribution < -0.4 is 5.32 Å². The summed E-state index contributed by atoms with van der Waals surface area (Å²) < 4.78 is 5.38. The Balaban J connectivity index is 1.22. The minimum absolute atomic E-state index is 0.0829. The van der Waals surface area contributed by atoms with Crippen molar-refractivity contribution in [3.8, 4) is 0 Å². The van der Waals surface area contributed by atoms with Gasteiger partial charge in [0.25, 0.3) is 11.8 Å². The van der Waals surface area contributed by atoms with Crippen LogP contribution >= 0.6 is 0 Å². The topological polar surface area (TPSA) is 116 Å². The van der Waals surface area contributed by atoms with Crippen LogP contribution in [0.2, 0.25) is 0 Å². The highest BCUT2D eigenvalue weighted by Crippen LogP contribution is 2.34. The molecule has 1 aromatic carbocycles. The first-order chi connectivity index (χ1) is 16.0. The van der Waals surface area contributed by atoms with Crippen LogP contribution in [0.5, 0.6) is 0 Å². The molecule has 0 aliphatic carbocycles. The highest BCUT2D eigenvalue weighted by atomic mass is 16.6. The van der Waals surface area contributed by atoms with Crippen molar-refractivity contribution in [2.45, 2.75) is 58.3 Å². The molecule has 180 valence electrons. The van der Waals surface area contributed by atoms with Gasteiger partial charge >= 0.3 is 6.09 Å². The van der Waals surface area contributed by atoms with Gasteiger partial charge in [0.15, 0.2) is 0 Å². The second-order valence-electron chi connectivity index (χ2n) is 10.5. The molecule has 0 bridgehead atoms. The van der Waals surface area contributed by atoms with Crippen LogP contribution in [0, 0.1) is 5.92 Å². The van der Waals surface area contributed by atoms with E-state index in [0.717, 1.165) is 11.1 Å². The Bertz CT molecular complexity index is 1120. The maximum atomic E-state index is 13.0. The monoisotopic (exact) mass is 468 g/mol. The molecular weight excluding hydrogens is 440 g/mol. The Morgan fingerprint density at radius 3 is 2.32 bits per heavy atom. The first kappa shape index (κ1) is 22.4. The average molecular weight is 469 g/mol. The smallest absolute Gasteiger partial charge is 0.410 e. The summed E-state index contributed by atoms with van der Waals surface area (Å²) in [4.78, 5) is 66.8. The maximum Gasteiger partial charge on any atom is 0.410 e. The van der Waals surface area contributed by atoms with E-state index in [1.165, 1.54) is 4.90 Å². The van der Waals surface area contributed by atoms with Crippen molar-refractivity contribution >= 4 is 29.7 Å². The van der Waals surface area contributed by atoms with Crippen LogP contribution in [0.4, 0.5) is 4.79 Å². The lowest BCUT2D eigenvalue weighted by Gasteiger charge is -2.41. The van der Waals surface area contributed by atoms with Crippen LogP contribution in [0.1, 0.15) is 65.5 Å². The lowest BCUT2D eigenvalue weighted by atomic mass is 10.0. The van der Waals surface area contributed by atoms with E-state index in [0.29, 0.717) is 43.7 Å². The van der Waals surface area contributed by atoms with Gasteiger partial charge in [-0.25, -0.2) is 4.79 Å². The van der Waals surface area contributed by atoms with E-state index in [1.807, 2.05) is 20.8 Å². The van der Waals surface area contributed by atoms with Crippen molar-refractivity contribution in [2.24, 2.45) is 5.92 Å². The number of piperidine rings is 1. The first-order valence-corrected chi connectivity index (χ1v) is 11.6. The molecule has 2 saturated heterocycles. The minimum atomic E-state index is -0.675. The number of amides is 5. The zero-order valence-electron chi connectivity index (χ0n) is 19.6. The van der Waals surface area contributed by atoms with Crippen LogP contribution in [0.25, 0.3) is 0 Å². The fraction of sp³-hybridized carbons (Fsp3) is 0.542. The quantitative estimate of drug-likeness (QED) is 0.668. The van der Waals surface area contributed by atoms with Gasteiger partial charge in [0.05, 0.1) is 0 Å². The van der Waals surface area contributed by atoms with Gasteiger partial charge in [-0.1, -0.05) is 0 Å². The molecule has 5 rings (SSSR count).